The van der Waals surface area contributed by atoms with E-state index in [2.05, 4.69) is 10.00 Å². The molecular weight excluding hydrogens is 362 g/mol. The summed E-state index contributed by atoms with van der Waals surface area (Å²) in [5.74, 6) is 2.56. The van der Waals surface area contributed by atoms with E-state index in [1.807, 2.05) is 20.2 Å². The van der Waals surface area contributed by atoms with Crippen LogP contribution in [0.3, 0.4) is 0 Å². The molecule has 1 aromatic rings. The fraction of sp³-hybridized carbons (Fsp3) is 0.696. The highest BCUT2D eigenvalue weighted by Gasteiger charge is 2.42. The molecule has 29 heavy (non-hydrogen) atoms. The number of aryl methyl sites for hydroxylation is 2. The summed E-state index contributed by atoms with van der Waals surface area (Å²) in [6.45, 7) is 5.63. The van der Waals surface area contributed by atoms with E-state index >= 15 is 0 Å². The van der Waals surface area contributed by atoms with Crippen molar-refractivity contribution in [2.45, 2.75) is 58.0 Å². The summed E-state index contributed by atoms with van der Waals surface area (Å²) in [4.78, 5) is 2.70. The molecule has 0 spiro atoms. The van der Waals surface area contributed by atoms with E-state index < -0.39 is 0 Å². The van der Waals surface area contributed by atoms with Crippen LogP contribution in [0.15, 0.2) is 18.3 Å². The van der Waals surface area contributed by atoms with Crippen molar-refractivity contribution in [1.82, 2.24) is 14.7 Å². The van der Waals surface area contributed by atoms with E-state index in [9.17, 15) is 0 Å². The topological polar surface area (TPSA) is 78.0 Å². The summed E-state index contributed by atoms with van der Waals surface area (Å²) in [5.41, 5.74) is 1.99. The Balaban J connectivity index is 1.21. The lowest BCUT2D eigenvalue weighted by atomic mass is 9.89. The van der Waals surface area contributed by atoms with Crippen LogP contribution in [0, 0.1) is 35.5 Å². The molecule has 0 amide bonds. The first-order valence-electron chi connectivity index (χ1n) is 11.2. The largest absolute Gasteiger partial charge is 0.475 e. The first-order chi connectivity index (χ1) is 14.0. The van der Waals surface area contributed by atoms with Crippen molar-refractivity contribution in [1.29, 1.82) is 10.8 Å². The molecule has 0 aromatic carbocycles. The molecule has 1 aromatic heterocycles. The highest BCUT2D eigenvalue weighted by atomic mass is 16.5. The highest BCUT2D eigenvalue weighted by Crippen LogP contribution is 2.40. The molecule has 2 aliphatic carbocycles. The minimum Gasteiger partial charge on any atom is -0.475 e. The fourth-order valence-electron chi connectivity index (χ4n) is 5.65. The van der Waals surface area contributed by atoms with Crippen LogP contribution < -0.4 is 0 Å². The van der Waals surface area contributed by atoms with Crippen molar-refractivity contribution in [3.63, 3.8) is 0 Å². The average molecular weight is 398 g/mol. The second kappa shape index (κ2) is 8.82. The molecule has 4 rings (SSSR count). The van der Waals surface area contributed by atoms with Crippen molar-refractivity contribution in [3.05, 3.63) is 29.6 Å². The summed E-state index contributed by atoms with van der Waals surface area (Å²) in [6, 6.07) is 0. The quantitative estimate of drug-likeness (QED) is 0.564. The van der Waals surface area contributed by atoms with Crippen LogP contribution in [0.4, 0.5) is 0 Å². The van der Waals surface area contributed by atoms with Crippen LogP contribution in [0.1, 0.15) is 56.2 Å². The Bertz CT molecular complexity index is 762. The summed E-state index contributed by atoms with van der Waals surface area (Å²) < 4.78 is 7.63. The van der Waals surface area contributed by atoms with Gasteiger partial charge in [0.1, 0.15) is 6.10 Å². The van der Waals surface area contributed by atoms with Crippen LogP contribution >= 0.6 is 0 Å². The normalized spacial score (nSPS) is 28.1. The molecule has 0 bridgehead atoms. The molecular formula is C23H35N5O. The van der Waals surface area contributed by atoms with Gasteiger partial charge in [-0.25, -0.2) is 0 Å². The second-order valence-electron chi connectivity index (χ2n) is 9.37. The molecule has 0 radical (unpaired) electrons. The smallest absolute Gasteiger partial charge is 0.206 e. The molecule has 6 nitrogen and oxygen atoms in total. The number of ether oxygens (including phenoxy) is 1. The Labute approximate surface area is 174 Å². The monoisotopic (exact) mass is 397 g/mol. The highest BCUT2D eigenvalue weighted by molar-refractivity contribution is 6.09. The third-order valence-corrected chi connectivity index (χ3v) is 7.02. The first-order valence-corrected chi connectivity index (χ1v) is 11.2. The van der Waals surface area contributed by atoms with Gasteiger partial charge >= 0.3 is 0 Å². The molecule has 6 heteroatoms. The van der Waals surface area contributed by atoms with Gasteiger partial charge in [-0.1, -0.05) is 19.3 Å². The molecule has 3 fully saturated rings. The maximum Gasteiger partial charge on any atom is 0.206 e. The number of nitrogens with one attached hydrogen (secondary N) is 2. The Morgan fingerprint density at radius 3 is 2.45 bits per heavy atom. The Morgan fingerprint density at radius 2 is 1.83 bits per heavy atom. The van der Waals surface area contributed by atoms with Gasteiger partial charge in [0.05, 0.1) is 11.4 Å². The number of hydrogen-bond donors (Lipinski definition) is 2. The van der Waals surface area contributed by atoms with E-state index in [0.29, 0.717) is 5.71 Å². The van der Waals surface area contributed by atoms with Crippen molar-refractivity contribution >= 4 is 11.6 Å². The molecule has 0 unspecified atom stereocenters. The van der Waals surface area contributed by atoms with Gasteiger partial charge in [0.2, 0.25) is 5.90 Å². The molecule has 2 saturated carbocycles. The van der Waals surface area contributed by atoms with Crippen LogP contribution in [-0.4, -0.2) is 52.0 Å². The lowest BCUT2D eigenvalue weighted by Gasteiger charge is -2.27. The third-order valence-electron chi connectivity index (χ3n) is 7.02. The maximum absolute atomic E-state index is 8.19. The molecule has 2 heterocycles. The summed E-state index contributed by atoms with van der Waals surface area (Å²) in [5, 5.41) is 20.6. The minimum absolute atomic E-state index is 0.160. The molecule has 1 aliphatic heterocycles. The van der Waals surface area contributed by atoms with Crippen molar-refractivity contribution in [2.75, 3.05) is 19.6 Å². The number of likely N-dealkylation sites (tertiary alicyclic amines) is 1. The molecule has 158 valence electrons. The maximum atomic E-state index is 8.19. The Morgan fingerprint density at radius 1 is 1.14 bits per heavy atom. The molecule has 1 saturated heterocycles. The predicted molar refractivity (Wildman–Crippen MR) is 116 cm³/mol. The van der Waals surface area contributed by atoms with Crippen LogP contribution in [0.25, 0.3) is 0 Å². The van der Waals surface area contributed by atoms with E-state index in [1.54, 1.807) is 16.8 Å². The van der Waals surface area contributed by atoms with Crippen LogP contribution in [0.5, 0.6) is 0 Å². The number of fused-ring (bicyclic) bond motifs is 1. The van der Waals surface area contributed by atoms with Crippen molar-refractivity contribution < 1.29 is 4.74 Å². The zero-order chi connectivity index (χ0) is 20.4. The van der Waals surface area contributed by atoms with Gasteiger partial charge in [0, 0.05) is 44.5 Å². The van der Waals surface area contributed by atoms with Gasteiger partial charge < -0.3 is 15.0 Å². The standard InChI is InChI=1S/C23H35N5O/c1-16-21(15-27(2)26-16)22(24)8-9-23(25)29-20-10-18-13-28(14-19(18)11-20)12-17-6-4-3-5-7-17/h8-9,15,17-20,24-25H,3-7,10-14H2,1-2H3/b9-8-,24-22?,25-23?/t18-,19+,20-. The van der Waals surface area contributed by atoms with Gasteiger partial charge in [-0.3, -0.25) is 10.1 Å². The van der Waals surface area contributed by atoms with Gasteiger partial charge in [0.15, 0.2) is 0 Å². The van der Waals surface area contributed by atoms with Gasteiger partial charge in [-0.2, -0.15) is 5.10 Å². The number of hydrogen-bond acceptors (Lipinski definition) is 5. The SMILES string of the molecule is Cc1nn(C)cc1C(=N)/C=C\C(=N)O[C@@H]1C[C@@H]2CN(CC3CCCCC3)C[C@@H]2C1. The van der Waals surface area contributed by atoms with Crippen LogP contribution in [-0.2, 0) is 11.8 Å². The zero-order valence-corrected chi connectivity index (χ0v) is 17.9. The second-order valence-corrected chi connectivity index (χ2v) is 9.37. The number of nitrogens with zero attached hydrogens (tertiary/aromatic N) is 3. The van der Waals surface area contributed by atoms with Gasteiger partial charge in [0.25, 0.3) is 0 Å². The summed E-state index contributed by atoms with van der Waals surface area (Å²) in [7, 11) is 1.85. The van der Waals surface area contributed by atoms with E-state index in [4.69, 9.17) is 15.6 Å². The van der Waals surface area contributed by atoms with Crippen molar-refractivity contribution in [2.24, 2.45) is 24.8 Å². The Hall–Kier alpha value is -1.95. The number of rotatable bonds is 6. The summed E-state index contributed by atoms with van der Waals surface area (Å²) in [6.07, 6.45) is 14.5. The molecule has 3 aliphatic rings. The Kier molecular flexibility index (Phi) is 6.18. The van der Waals surface area contributed by atoms with E-state index in [1.165, 1.54) is 51.7 Å². The zero-order valence-electron chi connectivity index (χ0n) is 17.9. The first kappa shape index (κ1) is 20.3. The number of allylic oxidation sites excluding steroid dienone is 1. The van der Waals surface area contributed by atoms with Gasteiger partial charge in [-0.15, -0.1) is 0 Å². The summed E-state index contributed by atoms with van der Waals surface area (Å²) >= 11 is 0. The molecule has 2 N–H and O–H groups in total. The lowest BCUT2D eigenvalue weighted by molar-refractivity contribution is 0.165. The molecule has 3 atom stereocenters. The van der Waals surface area contributed by atoms with E-state index in [0.717, 1.165) is 41.9 Å². The third kappa shape index (κ3) is 4.97. The average Bonchev–Trinajstić information content (AvgIpc) is 3.33. The minimum atomic E-state index is 0.160. The van der Waals surface area contributed by atoms with Crippen molar-refractivity contribution in [3.8, 4) is 0 Å². The number of aromatic nitrogens is 2. The van der Waals surface area contributed by atoms with E-state index in [-0.39, 0.29) is 12.0 Å². The lowest BCUT2D eigenvalue weighted by Crippen LogP contribution is -2.30. The predicted octanol–water partition coefficient (Wildman–Crippen LogP) is 3.94. The van der Waals surface area contributed by atoms with Crippen LogP contribution in [0.2, 0.25) is 0 Å². The van der Waals surface area contributed by atoms with Gasteiger partial charge in [-0.05, 0) is 56.4 Å². The fourth-order valence-corrected chi connectivity index (χ4v) is 5.65.